The van der Waals surface area contributed by atoms with Crippen LogP contribution in [-0.4, -0.2) is 22.0 Å². The van der Waals surface area contributed by atoms with Gasteiger partial charge in [0, 0.05) is 16.8 Å². The fourth-order valence-electron chi connectivity index (χ4n) is 3.36. The Balaban J connectivity index is 1.74. The van der Waals surface area contributed by atoms with Gasteiger partial charge < -0.3 is 10.4 Å². The van der Waals surface area contributed by atoms with Crippen LogP contribution in [0, 0.1) is 0 Å². The van der Waals surface area contributed by atoms with Crippen molar-refractivity contribution in [1.82, 2.24) is 4.98 Å². The van der Waals surface area contributed by atoms with Crippen molar-refractivity contribution in [1.29, 1.82) is 0 Å². The molecule has 1 aromatic heterocycles. The van der Waals surface area contributed by atoms with Gasteiger partial charge in [0.05, 0.1) is 16.6 Å². The molecule has 0 aliphatic heterocycles. The topological polar surface area (TPSA) is 79.3 Å². The molecule has 3 aromatic rings. The summed E-state index contributed by atoms with van der Waals surface area (Å²) in [6.07, 6.45) is 2.76. The molecule has 1 aliphatic carbocycles. The Labute approximate surface area is 144 Å². The predicted molar refractivity (Wildman–Crippen MR) is 95.1 cm³/mol. The summed E-state index contributed by atoms with van der Waals surface area (Å²) in [5, 5.41) is 12.7. The first kappa shape index (κ1) is 15.3. The van der Waals surface area contributed by atoms with Crippen molar-refractivity contribution in [3.8, 4) is 0 Å². The Hall–Kier alpha value is -3.21. The summed E-state index contributed by atoms with van der Waals surface area (Å²) in [6.45, 7) is 0. The van der Waals surface area contributed by atoms with E-state index in [0.717, 1.165) is 41.4 Å². The van der Waals surface area contributed by atoms with Crippen LogP contribution in [0.2, 0.25) is 0 Å². The van der Waals surface area contributed by atoms with Gasteiger partial charge in [-0.2, -0.15) is 0 Å². The molecule has 1 heterocycles. The molecule has 2 aromatic carbocycles. The van der Waals surface area contributed by atoms with Gasteiger partial charge in [-0.25, -0.2) is 4.79 Å². The number of rotatable bonds is 3. The summed E-state index contributed by atoms with van der Waals surface area (Å²) in [6, 6.07) is 13.8. The molecule has 0 spiro atoms. The second kappa shape index (κ2) is 6.02. The lowest BCUT2D eigenvalue weighted by molar-refractivity contribution is 0.0696. The molecule has 0 radical (unpaired) electrons. The Kier molecular flexibility index (Phi) is 3.69. The molecule has 5 nitrogen and oxygen atoms in total. The van der Waals surface area contributed by atoms with E-state index >= 15 is 0 Å². The minimum absolute atomic E-state index is 0.181. The summed E-state index contributed by atoms with van der Waals surface area (Å²) < 4.78 is 0. The number of aromatic nitrogens is 1. The van der Waals surface area contributed by atoms with Crippen LogP contribution >= 0.6 is 0 Å². The third kappa shape index (κ3) is 2.74. The number of carboxylic acids is 1. The molecular weight excluding hydrogens is 316 g/mol. The van der Waals surface area contributed by atoms with Crippen LogP contribution in [0.3, 0.4) is 0 Å². The van der Waals surface area contributed by atoms with Gasteiger partial charge >= 0.3 is 5.97 Å². The smallest absolute Gasteiger partial charge is 0.335 e. The second-order valence-corrected chi connectivity index (χ2v) is 6.12. The monoisotopic (exact) mass is 332 g/mol. The maximum Gasteiger partial charge on any atom is 0.335 e. The number of pyridine rings is 1. The molecule has 0 atom stereocenters. The number of anilines is 1. The number of carbonyl (C=O) groups is 2. The third-order valence-corrected chi connectivity index (χ3v) is 4.54. The molecule has 0 saturated heterocycles. The number of carbonyl (C=O) groups excluding carboxylic acids is 1. The molecule has 0 fully saturated rings. The first-order chi connectivity index (χ1) is 12.1. The highest BCUT2D eigenvalue weighted by Crippen LogP contribution is 2.30. The highest BCUT2D eigenvalue weighted by molar-refractivity contribution is 6.13. The van der Waals surface area contributed by atoms with E-state index in [4.69, 9.17) is 10.1 Å². The van der Waals surface area contributed by atoms with Crippen molar-refractivity contribution in [2.45, 2.75) is 19.3 Å². The quantitative estimate of drug-likeness (QED) is 0.767. The zero-order chi connectivity index (χ0) is 17.4. The van der Waals surface area contributed by atoms with Crippen molar-refractivity contribution in [3.05, 3.63) is 70.9 Å². The fourth-order valence-corrected chi connectivity index (χ4v) is 3.36. The van der Waals surface area contributed by atoms with Crippen molar-refractivity contribution >= 4 is 28.5 Å². The lowest BCUT2D eigenvalue weighted by Gasteiger charge is -2.13. The van der Waals surface area contributed by atoms with Crippen LogP contribution in [0.15, 0.2) is 48.5 Å². The van der Waals surface area contributed by atoms with E-state index in [0.29, 0.717) is 11.3 Å². The van der Waals surface area contributed by atoms with Gasteiger partial charge in [0.1, 0.15) is 0 Å². The highest BCUT2D eigenvalue weighted by Gasteiger charge is 2.23. The van der Waals surface area contributed by atoms with E-state index in [1.54, 1.807) is 12.1 Å². The molecule has 124 valence electrons. The van der Waals surface area contributed by atoms with Crippen LogP contribution in [0.4, 0.5) is 5.69 Å². The van der Waals surface area contributed by atoms with E-state index in [1.807, 2.05) is 24.3 Å². The highest BCUT2D eigenvalue weighted by atomic mass is 16.4. The van der Waals surface area contributed by atoms with Crippen LogP contribution in [0.5, 0.6) is 0 Å². The molecular formula is C20H16N2O3. The minimum atomic E-state index is -0.990. The number of nitrogens with one attached hydrogen (secondary N) is 1. The largest absolute Gasteiger partial charge is 0.478 e. The molecule has 1 aliphatic rings. The summed E-state index contributed by atoms with van der Waals surface area (Å²) in [5.74, 6) is -1.17. The maximum absolute atomic E-state index is 13.0. The van der Waals surface area contributed by atoms with Gasteiger partial charge in [-0.05, 0) is 55.2 Å². The first-order valence-corrected chi connectivity index (χ1v) is 8.18. The Bertz CT molecular complexity index is 994. The van der Waals surface area contributed by atoms with E-state index in [9.17, 15) is 9.59 Å². The van der Waals surface area contributed by atoms with E-state index in [2.05, 4.69) is 5.32 Å². The van der Waals surface area contributed by atoms with Gasteiger partial charge in [0.25, 0.3) is 5.91 Å². The Morgan fingerprint density at radius 1 is 1.00 bits per heavy atom. The number of hydrogen-bond donors (Lipinski definition) is 2. The van der Waals surface area contributed by atoms with Crippen LogP contribution in [0.25, 0.3) is 10.9 Å². The van der Waals surface area contributed by atoms with Gasteiger partial charge in [-0.15, -0.1) is 0 Å². The van der Waals surface area contributed by atoms with Crippen molar-refractivity contribution in [2.24, 2.45) is 0 Å². The maximum atomic E-state index is 13.0. The summed E-state index contributed by atoms with van der Waals surface area (Å²) >= 11 is 0. The lowest BCUT2D eigenvalue weighted by Crippen LogP contribution is -2.15. The number of benzene rings is 2. The summed E-state index contributed by atoms with van der Waals surface area (Å²) in [7, 11) is 0. The van der Waals surface area contributed by atoms with Crippen molar-refractivity contribution in [2.75, 3.05) is 5.32 Å². The molecule has 25 heavy (non-hydrogen) atoms. The predicted octanol–water partition coefficient (Wildman–Crippen LogP) is 3.67. The molecule has 0 bridgehead atoms. The fraction of sp³-hybridized carbons (Fsp3) is 0.150. The van der Waals surface area contributed by atoms with Crippen molar-refractivity contribution < 1.29 is 14.7 Å². The number of amides is 1. The van der Waals surface area contributed by atoms with Crippen LogP contribution < -0.4 is 5.32 Å². The number of fused-ring (bicyclic) bond motifs is 2. The molecule has 0 unspecified atom stereocenters. The number of aromatic carboxylic acids is 1. The van der Waals surface area contributed by atoms with Gasteiger partial charge in [0.2, 0.25) is 0 Å². The van der Waals surface area contributed by atoms with E-state index < -0.39 is 5.97 Å². The van der Waals surface area contributed by atoms with Gasteiger partial charge in [-0.1, -0.05) is 18.2 Å². The molecule has 0 saturated carbocycles. The average Bonchev–Trinajstić information content (AvgIpc) is 3.07. The zero-order valence-electron chi connectivity index (χ0n) is 13.5. The molecule has 2 N–H and O–H groups in total. The minimum Gasteiger partial charge on any atom is -0.478 e. The number of aryl methyl sites for hydroxylation is 1. The third-order valence-electron chi connectivity index (χ3n) is 4.54. The number of hydrogen-bond acceptors (Lipinski definition) is 3. The molecule has 5 heteroatoms. The number of para-hydroxylation sites is 1. The van der Waals surface area contributed by atoms with E-state index in [-0.39, 0.29) is 11.5 Å². The van der Waals surface area contributed by atoms with E-state index in [1.165, 1.54) is 12.1 Å². The zero-order valence-corrected chi connectivity index (χ0v) is 13.5. The number of nitrogens with zero attached hydrogens (tertiary/aromatic N) is 1. The van der Waals surface area contributed by atoms with Gasteiger partial charge in [0.15, 0.2) is 0 Å². The van der Waals surface area contributed by atoms with Crippen molar-refractivity contribution in [3.63, 3.8) is 0 Å². The molecule has 4 rings (SSSR count). The van der Waals surface area contributed by atoms with Gasteiger partial charge in [-0.3, -0.25) is 9.78 Å². The second-order valence-electron chi connectivity index (χ2n) is 6.12. The SMILES string of the molecule is O=C(O)c1ccc(NC(=O)c2c3c(nc4ccccc24)CCC3)cc1. The summed E-state index contributed by atoms with van der Waals surface area (Å²) in [5.41, 5.74) is 4.30. The van der Waals surface area contributed by atoms with Crippen LogP contribution in [-0.2, 0) is 12.8 Å². The first-order valence-electron chi connectivity index (χ1n) is 8.18. The van der Waals surface area contributed by atoms with Crippen LogP contribution in [0.1, 0.15) is 38.4 Å². The molecule has 1 amide bonds. The summed E-state index contributed by atoms with van der Waals surface area (Å²) in [4.78, 5) is 28.6. The number of carboxylic acid groups (broad SMARTS) is 1. The average molecular weight is 332 g/mol. The lowest BCUT2D eigenvalue weighted by atomic mass is 10.0. The standard InChI is InChI=1S/C20H16N2O3/c23-19(21-13-10-8-12(9-11-13)20(24)25)18-14-4-1-2-6-16(14)22-17-7-3-5-15(17)18/h1-2,4,6,8-11H,3,5,7H2,(H,21,23)(H,24,25). The Morgan fingerprint density at radius 3 is 2.52 bits per heavy atom. The Morgan fingerprint density at radius 2 is 1.76 bits per heavy atom. The normalized spacial score (nSPS) is 12.8.